The van der Waals surface area contributed by atoms with Crippen molar-refractivity contribution in [1.82, 2.24) is 5.32 Å². The Balaban J connectivity index is 1.72. The maximum absolute atomic E-state index is 5.28. The monoisotopic (exact) mass is 283 g/mol. The Hall–Kier alpha value is -1.54. The van der Waals surface area contributed by atoms with E-state index in [9.17, 15) is 0 Å². The van der Waals surface area contributed by atoms with Crippen LogP contribution in [0.2, 0.25) is 0 Å². The van der Waals surface area contributed by atoms with Gasteiger partial charge in [-0.15, -0.1) is 0 Å². The van der Waals surface area contributed by atoms with Crippen molar-refractivity contribution in [3.8, 4) is 5.75 Å². The van der Waals surface area contributed by atoms with Gasteiger partial charge in [-0.25, -0.2) is 0 Å². The lowest BCUT2D eigenvalue weighted by Crippen LogP contribution is -2.43. The molecule has 21 heavy (non-hydrogen) atoms. The Kier molecular flexibility index (Phi) is 4.16. The molecule has 0 aromatic heterocycles. The number of rotatable bonds is 4. The zero-order chi connectivity index (χ0) is 14.7. The highest BCUT2D eigenvalue weighted by Gasteiger charge is 2.25. The average molecular weight is 283 g/mol. The zero-order valence-electron chi connectivity index (χ0n) is 13.1. The third kappa shape index (κ3) is 3.38. The molecule has 2 aromatic rings. The standard InChI is InChI=1S/C19H25NO/c1-19(10-4-3-5-11-19)20-14-15-6-7-17-13-18(21-2)9-8-16(17)12-15/h6-9,12-13,20H,3-5,10-11,14H2,1-2H3. The molecule has 1 N–H and O–H groups in total. The molecule has 1 saturated carbocycles. The van der Waals surface area contributed by atoms with Crippen LogP contribution in [0.3, 0.4) is 0 Å². The molecule has 0 atom stereocenters. The molecule has 112 valence electrons. The third-order valence-corrected chi connectivity index (χ3v) is 4.79. The SMILES string of the molecule is COc1ccc2cc(CNC3(C)CCCCC3)ccc2c1. The van der Waals surface area contributed by atoms with Gasteiger partial charge in [0.1, 0.15) is 5.75 Å². The van der Waals surface area contributed by atoms with Crippen molar-refractivity contribution in [3.63, 3.8) is 0 Å². The number of nitrogens with one attached hydrogen (secondary N) is 1. The van der Waals surface area contributed by atoms with E-state index in [0.717, 1.165) is 12.3 Å². The fourth-order valence-electron chi connectivity index (χ4n) is 3.33. The van der Waals surface area contributed by atoms with Crippen molar-refractivity contribution in [1.29, 1.82) is 0 Å². The summed E-state index contributed by atoms with van der Waals surface area (Å²) in [6, 6.07) is 13.0. The quantitative estimate of drug-likeness (QED) is 0.881. The summed E-state index contributed by atoms with van der Waals surface area (Å²) >= 11 is 0. The van der Waals surface area contributed by atoms with Crippen LogP contribution < -0.4 is 10.1 Å². The largest absolute Gasteiger partial charge is 0.497 e. The predicted octanol–water partition coefficient (Wildman–Crippen LogP) is 4.66. The topological polar surface area (TPSA) is 21.3 Å². The molecule has 2 aromatic carbocycles. The molecular weight excluding hydrogens is 258 g/mol. The molecule has 0 saturated heterocycles. The number of hydrogen-bond acceptors (Lipinski definition) is 2. The summed E-state index contributed by atoms with van der Waals surface area (Å²) in [5.74, 6) is 0.920. The Morgan fingerprint density at radius 1 is 1.00 bits per heavy atom. The number of methoxy groups -OCH3 is 1. The Morgan fingerprint density at radius 2 is 1.71 bits per heavy atom. The van der Waals surface area contributed by atoms with E-state index in [0.29, 0.717) is 5.54 Å². The predicted molar refractivity (Wildman–Crippen MR) is 88.8 cm³/mol. The molecule has 0 spiro atoms. The summed E-state index contributed by atoms with van der Waals surface area (Å²) in [7, 11) is 1.71. The second kappa shape index (κ2) is 6.07. The molecule has 0 bridgehead atoms. The lowest BCUT2D eigenvalue weighted by Gasteiger charge is -2.34. The van der Waals surface area contributed by atoms with Crippen LogP contribution >= 0.6 is 0 Å². The summed E-state index contributed by atoms with van der Waals surface area (Å²) < 4.78 is 5.28. The van der Waals surface area contributed by atoms with Crippen molar-refractivity contribution < 1.29 is 4.74 Å². The van der Waals surface area contributed by atoms with Crippen LogP contribution in [0.4, 0.5) is 0 Å². The Morgan fingerprint density at radius 3 is 2.48 bits per heavy atom. The zero-order valence-corrected chi connectivity index (χ0v) is 13.1. The molecule has 2 nitrogen and oxygen atoms in total. The summed E-state index contributed by atoms with van der Waals surface area (Å²) in [4.78, 5) is 0. The number of benzene rings is 2. The van der Waals surface area contributed by atoms with E-state index < -0.39 is 0 Å². The normalized spacial score (nSPS) is 17.8. The first-order valence-corrected chi connectivity index (χ1v) is 8.00. The lowest BCUT2D eigenvalue weighted by atomic mass is 9.83. The number of fused-ring (bicyclic) bond motifs is 1. The van der Waals surface area contributed by atoms with Gasteiger partial charge >= 0.3 is 0 Å². The Labute approximate surface area is 127 Å². The molecule has 3 rings (SSSR count). The summed E-state index contributed by atoms with van der Waals surface area (Å²) in [6.07, 6.45) is 6.73. The highest BCUT2D eigenvalue weighted by Crippen LogP contribution is 2.28. The summed E-state index contributed by atoms with van der Waals surface area (Å²) in [5, 5.41) is 6.30. The molecule has 2 heteroatoms. The lowest BCUT2D eigenvalue weighted by molar-refractivity contribution is 0.252. The van der Waals surface area contributed by atoms with Crippen LogP contribution in [0.1, 0.15) is 44.6 Å². The fraction of sp³-hybridized carbons (Fsp3) is 0.474. The summed E-state index contributed by atoms with van der Waals surface area (Å²) in [5.41, 5.74) is 1.69. The first kappa shape index (κ1) is 14.4. The van der Waals surface area contributed by atoms with Gasteiger partial charge in [0, 0.05) is 12.1 Å². The minimum atomic E-state index is 0.327. The highest BCUT2D eigenvalue weighted by molar-refractivity contribution is 5.84. The van der Waals surface area contributed by atoms with E-state index in [1.807, 2.05) is 6.07 Å². The van der Waals surface area contributed by atoms with Gasteiger partial charge in [-0.05, 0) is 54.3 Å². The van der Waals surface area contributed by atoms with E-state index in [4.69, 9.17) is 4.74 Å². The maximum Gasteiger partial charge on any atom is 0.119 e. The first-order valence-electron chi connectivity index (χ1n) is 8.00. The van der Waals surface area contributed by atoms with Crippen molar-refractivity contribution in [2.45, 2.75) is 51.1 Å². The van der Waals surface area contributed by atoms with Crippen molar-refractivity contribution in [3.05, 3.63) is 42.0 Å². The first-order chi connectivity index (χ1) is 10.2. The van der Waals surface area contributed by atoms with Gasteiger partial charge in [-0.3, -0.25) is 0 Å². The van der Waals surface area contributed by atoms with Gasteiger partial charge in [-0.2, -0.15) is 0 Å². The molecule has 0 aliphatic heterocycles. The molecular formula is C19H25NO. The second-order valence-electron chi connectivity index (χ2n) is 6.52. The Bertz CT molecular complexity index is 614. The molecule has 1 aliphatic carbocycles. The van der Waals surface area contributed by atoms with Crippen molar-refractivity contribution >= 4 is 10.8 Å². The van der Waals surface area contributed by atoms with E-state index >= 15 is 0 Å². The highest BCUT2D eigenvalue weighted by atomic mass is 16.5. The number of hydrogen-bond donors (Lipinski definition) is 1. The van der Waals surface area contributed by atoms with E-state index in [-0.39, 0.29) is 0 Å². The molecule has 1 fully saturated rings. The van der Waals surface area contributed by atoms with Crippen LogP contribution in [0, 0.1) is 0 Å². The van der Waals surface area contributed by atoms with Crippen molar-refractivity contribution in [2.24, 2.45) is 0 Å². The molecule has 0 unspecified atom stereocenters. The van der Waals surface area contributed by atoms with Gasteiger partial charge in [0.15, 0.2) is 0 Å². The van der Waals surface area contributed by atoms with Crippen molar-refractivity contribution in [2.75, 3.05) is 7.11 Å². The number of ether oxygens (including phenoxy) is 1. The van der Waals surface area contributed by atoms with Crippen LogP contribution in [0.15, 0.2) is 36.4 Å². The van der Waals surface area contributed by atoms with E-state index in [1.54, 1.807) is 7.11 Å². The van der Waals surface area contributed by atoms with Gasteiger partial charge < -0.3 is 10.1 Å². The van der Waals surface area contributed by atoms with E-state index in [2.05, 4.69) is 42.6 Å². The van der Waals surface area contributed by atoms with Crippen LogP contribution in [0.25, 0.3) is 10.8 Å². The van der Waals surface area contributed by atoms with Gasteiger partial charge in [0.05, 0.1) is 7.11 Å². The van der Waals surface area contributed by atoms with Gasteiger partial charge in [0.2, 0.25) is 0 Å². The van der Waals surface area contributed by atoms with Crippen LogP contribution in [0.5, 0.6) is 5.75 Å². The summed E-state index contributed by atoms with van der Waals surface area (Å²) in [6.45, 7) is 3.33. The minimum Gasteiger partial charge on any atom is -0.497 e. The van der Waals surface area contributed by atoms with Crippen LogP contribution in [-0.2, 0) is 6.54 Å². The fourth-order valence-corrected chi connectivity index (χ4v) is 3.33. The third-order valence-electron chi connectivity index (χ3n) is 4.79. The second-order valence-corrected chi connectivity index (χ2v) is 6.52. The molecule has 0 amide bonds. The van der Waals surface area contributed by atoms with Gasteiger partial charge in [-0.1, -0.05) is 37.5 Å². The van der Waals surface area contributed by atoms with Gasteiger partial charge in [0.25, 0.3) is 0 Å². The maximum atomic E-state index is 5.28. The van der Waals surface area contributed by atoms with E-state index in [1.165, 1.54) is 48.4 Å². The molecule has 0 heterocycles. The minimum absolute atomic E-state index is 0.327. The molecule has 0 radical (unpaired) electrons. The molecule has 1 aliphatic rings. The average Bonchev–Trinajstić information content (AvgIpc) is 2.53. The smallest absolute Gasteiger partial charge is 0.119 e. The van der Waals surface area contributed by atoms with Crippen LogP contribution in [-0.4, -0.2) is 12.6 Å².